The maximum Gasteiger partial charge on any atom is 0.349 e. The summed E-state index contributed by atoms with van der Waals surface area (Å²) in [4.78, 5) is 0. The van der Waals surface area contributed by atoms with Gasteiger partial charge in [0.1, 0.15) is 5.75 Å². The number of rotatable bonds is 13. The van der Waals surface area contributed by atoms with E-state index in [1.807, 2.05) is 32.9 Å². The number of hydrogen-bond acceptors (Lipinski definition) is 6. The van der Waals surface area contributed by atoms with Gasteiger partial charge >= 0.3 is 5.97 Å². The third-order valence-corrected chi connectivity index (χ3v) is 3.25. The summed E-state index contributed by atoms with van der Waals surface area (Å²) in [5.74, 6) is -0.934. The molecule has 1 atom stereocenters. The Kier molecular flexibility index (Phi) is 9.71. The van der Waals surface area contributed by atoms with Crippen LogP contribution in [0.2, 0.25) is 0 Å². The third-order valence-electron chi connectivity index (χ3n) is 3.25. The molecule has 0 aliphatic rings. The molecule has 0 aromatic heterocycles. The predicted octanol–water partition coefficient (Wildman–Crippen LogP) is 3.55. The number of nitrogens with two attached hydrogens (primary N) is 1. The van der Waals surface area contributed by atoms with Gasteiger partial charge in [-0.25, -0.2) is 0 Å². The molecular weight excluding hydrogens is 310 g/mol. The second-order valence-corrected chi connectivity index (χ2v) is 5.11. The van der Waals surface area contributed by atoms with E-state index in [2.05, 4.69) is 6.92 Å². The van der Waals surface area contributed by atoms with Crippen LogP contribution in [-0.2, 0) is 18.9 Å². The Balaban J connectivity index is 3.07. The summed E-state index contributed by atoms with van der Waals surface area (Å²) >= 11 is 0. The molecule has 6 heteroatoms. The minimum Gasteiger partial charge on any atom is -0.454 e. The van der Waals surface area contributed by atoms with E-state index in [0.29, 0.717) is 37.9 Å². The van der Waals surface area contributed by atoms with Crippen LogP contribution in [-0.4, -0.2) is 38.7 Å². The lowest BCUT2D eigenvalue weighted by Gasteiger charge is -2.38. The van der Waals surface area contributed by atoms with Gasteiger partial charge in [0.2, 0.25) is 0 Å². The molecule has 0 radical (unpaired) electrons. The van der Waals surface area contributed by atoms with Gasteiger partial charge in [0.25, 0.3) is 6.29 Å². The van der Waals surface area contributed by atoms with E-state index in [-0.39, 0.29) is 0 Å². The molecule has 0 aliphatic heterocycles. The van der Waals surface area contributed by atoms with Crippen molar-refractivity contribution >= 4 is 5.69 Å². The number of anilines is 1. The number of nitrogen functional groups attached to an aromatic ring is 1. The fourth-order valence-electron chi connectivity index (χ4n) is 2.18. The molecule has 0 saturated carbocycles. The molecule has 0 saturated heterocycles. The van der Waals surface area contributed by atoms with Gasteiger partial charge < -0.3 is 29.4 Å². The zero-order valence-electron chi connectivity index (χ0n) is 15.2. The maximum absolute atomic E-state index is 5.99. The molecule has 0 heterocycles. The molecule has 6 nitrogen and oxygen atoms in total. The Morgan fingerprint density at radius 3 is 2.04 bits per heavy atom. The maximum atomic E-state index is 5.99. The Morgan fingerprint density at radius 2 is 1.54 bits per heavy atom. The van der Waals surface area contributed by atoms with Crippen molar-refractivity contribution < 1.29 is 23.7 Å². The van der Waals surface area contributed by atoms with E-state index < -0.39 is 12.3 Å². The van der Waals surface area contributed by atoms with Gasteiger partial charge in [-0.15, -0.1) is 0 Å². The molecule has 1 aromatic rings. The fourth-order valence-corrected chi connectivity index (χ4v) is 2.18. The van der Waals surface area contributed by atoms with Crippen LogP contribution in [0.5, 0.6) is 5.75 Å². The molecule has 1 unspecified atom stereocenters. The van der Waals surface area contributed by atoms with Crippen molar-refractivity contribution in [3.05, 3.63) is 24.3 Å². The number of benzene rings is 1. The van der Waals surface area contributed by atoms with E-state index in [0.717, 1.165) is 12.8 Å². The Bertz CT molecular complexity index is 438. The van der Waals surface area contributed by atoms with Gasteiger partial charge in [-0.1, -0.05) is 25.5 Å². The Morgan fingerprint density at radius 1 is 0.958 bits per heavy atom. The Labute approximate surface area is 145 Å². The van der Waals surface area contributed by atoms with Gasteiger partial charge in [0.15, 0.2) is 0 Å². The van der Waals surface area contributed by atoms with Crippen LogP contribution in [0.25, 0.3) is 0 Å². The molecule has 0 fully saturated rings. The standard InChI is InChI=1S/C18H31NO5/c1-5-9-14-20-17(24-16-13-11-10-12-15(16)19)18(21-6-2,22-7-3)23-8-4/h10-13,17H,5-9,14,19H2,1-4H3. The van der Waals surface area contributed by atoms with Crippen LogP contribution in [0.3, 0.4) is 0 Å². The van der Waals surface area contributed by atoms with Crippen molar-refractivity contribution in [3.63, 3.8) is 0 Å². The highest BCUT2D eigenvalue weighted by atomic mass is 16.9. The van der Waals surface area contributed by atoms with Crippen molar-refractivity contribution in [1.82, 2.24) is 0 Å². The smallest absolute Gasteiger partial charge is 0.349 e. The molecule has 1 aromatic carbocycles. The lowest BCUT2D eigenvalue weighted by Crippen LogP contribution is -2.54. The monoisotopic (exact) mass is 341 g/mol. The first kappa shape index (κ1) is 20.7. The lowest BCUT2D eigenvalue weighted by molar-refractivity contribution is -0.442. The average Bonchev–Trinajstić information content (AvgIpc) is 2.56. The van der Waals surface area contributed by atoms with Gasteiger partial charge in [-0.05, 0) is 39.3 Å². The van der Waals surface area contributed by atoms with E-state index in [4.69, 9.17) is 29.4 Å². The second kappa shape index (κ2) is 11.3. The number of para-hydroxylation sites is 2. The van der Waals surface area contributed by atoms with Crippen molar-refractivity contribution in [2.75, 3.05) is 32.2 Å². The molecule has 0 aliphatic carbocycles. The largest absolute Gasteiger partial charge is 0.454 e. The summed E-state index contributed by atoms with van der Waals surface area (Å²) in [5.41, 5.74) is 6.50. The lowest BCUT2D eigenvalue weighted by atomic mass is 10.3. The van der Waals surface area contributed by atoms with Crippen LogP contribution in [0, 0.1) is 0 Å². The molecule has 0 bridgehead atoms. The summed E-state index contributed by atoms with van der Waals surface area (Å²) in [5, 5.41) is 0. The zero-order chi connectivity index (χ0) is 17.8. The van der Waals surface area contributed by atoms with Gasteiger partial charge in [-0.3, -0.25) is 0 Å². The van der Waals surface area contributed by atoms with Crippen LogP contribution in [0.4, 0.5) is 5.69 Å². The first-order chi connectivity index (χ1) is 11.6. The van der Waals surface area contributed by atoms with Gasteiger partial charge in [0, 0.05) is 19.8 Å². The molecule has 24 heavy (non-hydrogen) atoms. The summed E-state index contributed by atoms with van der Waals surface area (Å²) < 4.78 is 29.2. The molecule has 1 rings (SSSR count). The van der Waals surface area contributed by atoms with Gasteiger partial charge in [-0.2, -0.15) is 0 Å². The predicted molar refractivity (Wildman–Crippen MR) is 93.7 cm³/mol. The van der Waals surface area contributed by atoms with Crippen LogP contribution in [0.15, 0.2) is 24.3 Å². The summed E-state index contributed by atoms with van der Waals surface area (Å²) in [7, 11) is 0. The van der Waals surface area contributed by atoms with Crippen molar-refractivity contribution in [1.29, 1.82) is 0 Å². The zero-order valence-corrected chi connectivity index (χ0v) is 15.2. The van der Waals surface area contributed by atoms with Crippen molar-refractivity contribution in [3.8, 4) is 5.75 Å². The van der Waals surface area contributed by atoms with E-state index in [9.17, 15) is 0 Å². The molecule has 2 N–H and O–H groups in total. The van der Waals surface area contributed by atoms with E-state index in [1.54, 1.807) is 12.1 Å². The van der Waals surface area contributed by atoms with Crippen LogP contribution < -0.4 is 10.5 Å². The first-order valence-corrected chi connectivity index (χ1v) is 8.68. The number of hydrogen-bond donors (Lipinski definition) is 1. The fraction of sp³-hybridized carbons (Fsp3) is 0.667. The molecule has 0 spiro atoms. The van der Waals surface area contributed by atoms with E-state index in [1.165, 1.54) is 0 Å². The number of unbranched alkanes of at least 4 members (excludes halogenated alkanes) is 1. The topological polar surface area (TPSA) is 72.2 Å². The molecular formula is C18H31NO5. The Hall–Kier alpha value is -1.34. The van der Waals surface area contributed by atoms with Crippen LogP contribution in [0.1, 0.15) is 40.5 Å². The summed E-state index contributed by atoms with van der Waals surface area (Å²) in [6, 6.07) is 7.23. The number of ether oxygens (including phenoxy) is 5. The van der Waals surface area contributed by atoms with Crippen LogP contribution >= 0.6 is 0 Å². The quantitative estimate of drug-likeness (QED) is 0.336. The summed E-state index contributed by atoms with van der Waals surface area (Å²) in [6.07, 6.45) is 1.00. The van der Waals surface area contributed by atoms with E-state index >= 15 is 0 Å². The molecule has 138 valence electrons. The van der Waals surface area contributed by atoms with Crippen molar-refractivity contribution in [2.24, 2.45) is 0 Å². The third kappa shape index (κ3) is 5.94. The van der Waals surface area contributed by atoms with Gasteiger partial charge in [0.05, 0.1) is 12.3 Å². The first-order valence-electron chi connectivity index (χ1n) is 8.68. The highest BCUT2D eigenvalue weighted by Crippen LogP contribution is 2.29. The normalized spacial score (nSPS) is 13.0. The highest BCUT2D eigenvalue weighted by Gasteiger charge is 2.46. The minimum atomic E-state index is -1.44. The average molecular weight is 341 g/mol. The highest BCUT2D eigenvalue weighted by molar-refractivity contribution is 5.51. The summed E-state index contributed by atoms with van der Waals surface area (Å²) in [6.45, 7) is 9.37. The SMILES string of the molecule is CCCCOC(Oc1ccccc1N)C(OCC)(OCC)OCC. The molecule has 0 amide bonds. The second-order valence-electron chi connectivity index (χ2n) is 5.11. The minimum absolute atomic E-state index is 0.390. The van der Waals surface area contributed by atoms with Crippen molar-refractivity contribution in [2.45, 2.75) is 52.8 Å².